The summed E-state index contributed by atoms with van der Waals surface area (Å²) in [7, 11) is 0. The molecule has 0 N–H and O–H groups in total. The molecule has 3 heteroatoms. The quantitative estimate of drug-likeness (QED) is 0.180. The van der Waals surface area contributed by atoms with Crippen LogP contribution in [-0.2, 0) is 6.42 Å². The third-order valence-corrected chi connectivity index (χ3v) is 8.20. The lowest BCUT2D eigenvalue weighted by Gasteiger charge is -2.07. The van der Waals surface area contributed by atoms with Gasteiger partial charge in [0.25, 0.3) is 0 Å². The van der Waals surface area contributed by atoms with Crippen LogP contribution in [0.5, 0.6) is 5.75 Å². The molecule has 0 aliphatic carbocycles. The number of ether oxygens (including phenoxy) is 1. The number of fused-ring (bicyclic) bond motifs is 9. The van der Waals surface area contributed by atoms with Crippen molar-refractivity contribution >= 4 is 65.4 Å². The Balaban J connectivity index is 1.25. The monoisotopic (exact) mass is 514 g/mol. The number of rotatable bonds is 9. The molecule has 7 aromatic rings. The maximum Gasteiger partial charge on any atom is 0.178 e. The summed E-state index contributed by atoms with van der Waals surface area (Å²) in [4.78, 5) is 0. The molecule has 0 amide bonds. The maximum absolute atomic E-state index is 6.49. The molecule has 5 aromatic carbocycles. The second-order valence-electron chi connectivity index (χ2n) is 10.9. The van der Waals surface area contributed by atoms with Crippen molar-refractivity contribution in [2.24, 2.45) is 0 Å². The van der Waals surface area contributed by atoms with Crippen molar-refractivity contribution in [3.63, 3.8) is 0 Å². The lowest BCUT2D eigenvalue weighted by Crippen LogP contribution is -1.97. The second kappa shape index (κ2) is 9.96. The summed E-state index contributed by atoms with van der Waals surface area (Å²) in [6.07, 6.45) is 8.62. The van der Waals surface area contributed by atoms with Gasteiger partial charge in [0.15, 0.2) is 11.2 Å². The summed E-state index contributed by atoms with van der Waals surface area (Å²) >= 11 is 0. The molecule has 2 aromatic heterocycles. The topological polar surface area (TPSA) is 35.5 Å². The summed E-state index contributed by atoms with van der Waals surface area (Å²) in [5, 5.41) is 9.16. The molecular formula is C36H34O3. The zero-order valence-corrected chi connectivity index (χ0v) is 22.8. The van der Waals surface area contributed by atoms with Crippen LogP contribution >= 0.6 is 0 Å². The highest BCUT2D eigenvalue weighted by Gasteiger charge is 2.17. The summed E-state index contributed by atoms with van der Waals surface area (Å²) in [6, 6.07) is 26.2. The van der Waals surface area contributed by atoms with Crippen LogP contribution in [0.4, 0.5) is 0 Å². The fraction of sp³-hybridized carbons (Fsp3) is 0.278. The predicted octanol–water partition coefficient (Wildman–Crippen LogP) is 11.1. The molecule has 0 unspecified atom stereocenters. The number of hydrogen-bond acceptors (Lipinski definition) is 3. The first kappa shape index (κ1) is 24.1. The van der Waals surface area contributed by atoms with Crippen LogP contribution in [0.3, 0.4) is 0 Å². The van der Waals surface area contributed by atoms with E-state index >= 15 is 0 Å². The number of aryl methyl sites for hydroxylation is 1. The Hall–Kier alpha value is -3.98. The molecule has 2 heterocycles. The number of benzene rings is 5. The van der Waals surface area contributed by atoms with Gasteiger partial charge in [0.1, 0.15) is 16.9 Å². The zero-order chi connectivity index (χ0) is 26.3. The Labute approximate surface area is 228 Å². The summed E-state index contributed by atoms with van der Waals surface area (Å²) < 4.78 is 19.0. The van der Waals surface area contributed by atoms with E-state index in [1.54, 1.807) is 0 Å². The van der Waals surface area contributed by atoms with Crippen LogP contribution in [0, 0.1) is 0 Å². The number of unbranched alkanes of at least 4 members (excludes halogenated alkanes) is 5. The van der Waals surface area contributed by atoms with Crippen molar-refractivity contribution in [1.82, 2.24) is 0 Å². The van der Waals surface area contributed by atoms with Crippen LogP contribution < -0.4 is 4.74 Å². The third-order valence-electron chi connectivity index (χ3n) is 8.20. The number of hydrogen-bond donors (Lipinski definition) is 0. The van der Waals surface area contributed by atoms with Crippen molar-refractivity contribution in [1.29, 1.82) is 0 Å². The molecule has 0 atom stereocenters. The van der Waals surface area contributed by atoms with E-state index in [1.165, 1.54) is 53.8 Å². The molecule has 0 fully saturated rings. The minimum atomic E-state index is 0.767. The molecule has 0 saturated carbocycles. The van der Waals surface area contributed by atoms with E-state index in [0.29, 0.717) is 0 Å². The van der Waals surface area contributed by atoms with Crippen molar-refractivity contribution in [3.05, 3.63) is 78.4 Å². The SMILES string of the molecule is CCCCCCCCOc1ccc2cc3c(cc2c1)oc1c3ccc2c3cc4cc(CC)ccc4cc3oc21. The van der Waals surface area contributed by atoms with Crippen LogP contribution in [0.1, 0.15) is 57.9 Å². The lowest BCUT2D eigenvalue weighted by atomic mass is 10.0. The van der Waals surface area contributed by atoms with Crippen LogP contribution in [-0.4, -0.2) is 6.61 Å². The normalized spacial score (nSPS) is 12.2. The fourth-order valence-corrected chi connectivity index (χ4v) is 5.96. The standard InChI is InChI=1S/C36H34O3/c1-3-5-6-7-8-9-16-37-28-13-12-24-19-31-29-14-15-30-32-20-26-17-23(4-2)10-11-25(26)21-33(32)38-36(30)35(29)39-34(31)22-27(24)18-28/h10-15,17-22H,3-9,16H2,1-2H3. The van der Waals surface area contributed by atoms with Crippen LogP contribution in [0.25, 0.3) is 65.4 Å². The molecule has 196 valence electrons. The zero-order valence-electron chi connectivity index (χ0n) is 22.8. The van der Waals surface area contributed by atoms with Gasteiger partial charge in [0, 0.05) is 21.5 Å². The Bertz CT molecular complexity index is 1970. The molecule has 0 radical (unpaired) electrons. The van der Waals surface area contributed by atoms with Gasteiger partial charge in [-0.15, -0.1) is 0 Å². The Morgan fingerprint density at radius 2 is 1.15 bits per heavy atom. The molecule has 0 spiro atoms. The summed E-state index contributed by atoms with van der Waals surface area (Å²) in [6.45, 7) is 5.21. The smallest absolute Gasteiger partial charge is 0.178 e. The van der Waals surface area contributed by atoms with Gasteiger partial charge in [-0.05, 0) is 88.5 Å². The van der Waals surface area contributed by atoms with E-state index in [9.17, 15) is 0 Å². The Morgan fingerprint density at radius 3 is 1.90 bits per heavy atom. The van der Waals surface area contributed by atoms with Gasteiger partial charge in [-0.1, -0.05) is 70.2 Å². The molecular weight excluding hydrogens is 480 g/mol. The van der Waals surface area contributed by atoms with E-state index in [0.717, 1.165) is 74.5 Å². The fourth-order valence-electron chi connectivity index (χ4n) is 5.96. The van der Waals surface area contributed by atoms with Crippen molar-refractivity contribution in [2.75, 3.05) is 6.61 Å². The molecule has 0 aliphatic rings. The Morgan fingerprint density at radius 1 is 0.538 bits per heavy atom. The molecule has 7 rings (SSSR count). The molecule has 0 saturated heterocycles. The van der Waals surface area contributed by atoms with Crippen LogP contribution in [0.2, 0.25) is 0 Å². The highest BCUT2D eigenvalue weighted by Crippen LogP contribution is 2.41. The second-order valence-corrected chi connectivity index (χ2v) is 10.9. The van der Waals surface area contributed by atoms with Crippen molar-refractivity contribution in [3.8, 4) is 5.75 Å². The largest absolute Gasteiger partial charge is 0.494 e. The lowest BCUT2D eigenvalue weighted by molar-refractivity contribution is 0.305. The summed E-state index contributed by atoms with van der Waals surface area (Å²) in [5.41, 5.74) is 4.74. The average Bonchev–Trinajstić information content (AvgIpc) is 3.51. The number of furan rings is 2. The van der Waals surface area contributed by atoms with Crippen LogP contribution in [0.15, 0.2) is 81.6 Å². The first-order valence-electron chi connectivity index (χ1n) is 14.5. The van der Waals surface area contributed by atoms with Gasteiger partial charge < -0.3 is 13.6 Å². The first-order chi connectivity index (χ1) is 19.2. The van der Waals surface area contributed by atoms with E-state index in [4.69, 9.17) is 13.6 Å². The minimum absolute atomic E-state index is 0.767. The van der Waals surface area contributed by atoms with Crippen molar-refractivity contribution < 1.29 is 13.6 Å². The molecule has 39 heavy (non-hydrogen) atoms. The average molecular weight is 515 g/mol. The van der Waals surface area contributed by atoms with Gasteiger partial charge >= 0.3 is 0 Å². The van der Waals surface area contributed by atoms with Gasteiger partial charge in [0.05, 0.1) is 6.61 Å². The van der Waals surface area contributed by atoms with Gasteiger partial charge in [0.2, 0.25) is 0 Å². The predicted molar refractivity (Wildman–Crippen MR) is 164 cm³/mol. The first-order valence-corrected chi connectivity index (χ1v) is 14.5. The summed E-state index contributed by atoms with van der Waals surface area (Å²) in [5.74, 6) is 0.921. The van der Waals surface area contributed by atoms with E-state index in [1.807, 2.05) is 0 Å². The molecule has 3 nitrogen and oxygen atoms in total. The highest BCUT2D eigenvalue weighted by atomic mass is 16.5. The van der Waals surface area contributed by atoms with E-state index in [2.05, 4.69) is 86.6 Å². The van der Waals surface area contributed by atoms with Crippen molar-refractivity contribution in [2.45, 2.75) is 58.8 Å². The van der Waals surface area contributed by atoms with E-state index < -0.39 is 0 Å². The maximum atomic E-state index is 6.49. The Kier molecular flexibility index (Phi) is 6.15. The molecule has 0 bridgehead atoms. The minimum Gasteiger partial charge on any atom is -0.494 e. The highest BCUT2D eigenvalue weighted by molar-refractivity contribution is 6.21. The van der Waals surface area contributed by atoms with Gasteiger partial charge in [-0.25, -0.2) is 0 Å². The van der Waals surface area contributed by atoms with Gasteiger partial charge in [-0.3, -0.25) is 0 Å². The molecule has 0 aliphatic heterocycles. The van der Waals surface area contributed by atoms with Gasteiger partial charge in [-0.2, -0.15) is 0 Å². The van der Waals surface area contributed by atoms with E-state index in [-0.39, 0.29) is 0 Å². The third kappa shape index (κ3) is 4.30.